The third-order valence-electron chi connectivity index (χ3n) is 3.44. The molecule has 8 nitrogen and oxygen atoms in total. The van der Waals surface area contributed by atoms with E-state index in [0.717, 1.165) is 25.7 Å². The lowest BCUT2D eigenvalue weighted by Crippen LogP contribution is -2.37. The van der Waals surface area contributed by atoms with Gasteiger partial charge in [-0.25, -0.2) is 0 Å². The van der Waals surface area contributed by atoms with E-state index in [-0.39, 0.29) is 24.8 Å². The van der Waals surface area contributed by atoms with Crippen molar-refractivity contribution in [2.75, 3.05) is 39.6 Å². The average molecular weight is 336 g/mol. The molecule has 0 atom stereocenters. The fraction of sp³-hybridized carbons (Fsp3) is 0.867. The molecule has 0 radical (unpaired) electrons. The van der Waals surface area contributed by atoms with Gasteiger partial charge in [-0.2, -0.15) is 0 Å². The van der Waals surface area contributed by atoms with Crippen LogP contribution in [0.3, 0.4) is 0 Å². The summed E-state index contributed by atoms with van der Waals surface area (Å²) in [6.45, 7) is -0.665. The summed E-state index contributed by atoms with van der Waals surface area (Å²) in [6, 6.07) is 0. The highest BCUT2D eigenvalue weighted by Gasteiger charge is 2.26. The number of ether oxygens (including phenoxy) is 2. The minimum atomic E-state index is -1.11. The second-order valence-electron chi connectivity index (χ2n) is 5.49. The first kappa shape index (κ1) is 21.8. The molecule has 0 aromatic carbocycles. The van der Waals surface area contributed by atoms with Gasteiger partial charge in [-0.05, 0) is 25.7 Å². The van der Waals surface area contributed by atoms with Gasteiger partial charge in [0.15, 0.2) is 0 Å². The molecule has 0 saturated carbocycles. The molecule has 4 N–H and O–H groups in total. The van der Waals surface area contributed by atoms with Gasteiger partial charge in [0.2, 0.25) is 0 Å². The molecule has 1 saturated heterocycles. The summed E-state index contributed by atoms with van der Waals surface area (Å²) in [6.07, 6.45) is 4.12. The van der Waals surface area contributed by atoms with Gasteiger partial charge in [-0.15, -0.1) is 0 Å². The lowest BCUT2D eigenvalue weighted by Gasteiger charge is -2.23. The number of aliphatic hydroxyl groups excluding tert-OH is 4. The van der Waals surface area contributed by atoms with Crippen LogP contribution < -0.4 is 0 Å². The first-order valence-electron chi connectivity index (χ1n) is 7.78. The van der Waals surface area contributed by atoms with Gasteiger partial charge in [0, 0.05) is 0 Å². The van der Waals surface area contributed by atoms with E-state index in [1.807, 2.05) is 0 Å². The van der Waals surface area contributed by atoms with E-state index in [1.54, 1.807) is 0 Å². The molecule has 23 heavy (non-hydrogen) atoms. The molecule has 0 aliphatic carbocycles. The van der Waals surface area contributed by atoms with Crippen molar-refractivity contribution < 1.29 is 39.5 Å². The Balaban J connectivity index is 0.000000468. The van der Waals surface area contributed by atoms with Crippen LogP contribution >= 0.6 is 0 Å². The molecule has 0 amide bonds. The Hall–Kier alpha value is -1.22. The van der Waals surface area contributed by atoms with E-state index in [4.69, 9.17) is 29.9 Å². The normalized spacial score (nSPS) is 17.7. The Kier molecular flexibility index (Phi) is 12.5. The Labute approximate surface area is 136 Å². The molecule has 0 bridgehead atoms. The van der Waals surface area contributed by atoms with Gasteiger partial charge in [-0.1, -0.05) is 0 Å². The van der Waals surface area contributed by atoms with Crippen molar-refractivity contribution in [3.05, 3.63) is 0 Å². The van der Waals surface area contributed by atoms with Gasteiger partial charge >= 0.3 is 11.9 Å². The first-order chi connectivity index (χ1) is 11.0. The average Bonchev–Trinajstić information content (AvgIpc) is 2.57. The van der Waals surface area contributed by atoms with Crippen LogP contribution in [0.15, 0.2) is 0 Å². The lowest BCUT2D eigenvalue weighted by molar-refractivity contribution is -0.150. The monoisotopic (exact) mass is 336 g/mol. The van der Waals surface area contributed by atoms with Crippen LogP contribution in [-0.4, -0.2) is 72.0 Å². The standard InChI is InChI=1S/C10H16O4.C5H12O4/c11-9-5-6-10(12)14-8-4-2-1-3-7-13-9;6-1-5(2-7,3-8)4-9/h1-8H2;6-9H,1-4H2. The molecule has 1 rings (SSSR count). The minimum absolute atomic E-state index is 0.138. The maximum atomic E-state index is 11.0. The maximum absolute atomic E-state index is 11.0. The van der Waals surface area contributed by atoms with Crippen molar-refractivity contribution >= 4 is 11.9 Å². The second kappa shape index (κ2) is 13.2. The Morgan fingerprint density at radius 2 is 1.04 bits per heavy atom. The molecule has 0 spiro atoms. The highest BCUT2D eigenvalue weighted by atomic mass is 16.5. The Bertz CT molecular complexity index is 288. The number of carbonyl (C=O) groups excluding carboxylic acids is 2. The van der Waals surface area contributed by atoms with Gasteiger partial charge in [0.25, 0.3) is 0 Å². The van der Waals surface area contributed by atoms with Crippen LogP contribution in [0, 0.1) is 5.41 Å². The number of carbonyl (C=O) groups is 2. The van der Waals surface area contributed by atoms with Crippen molar-refractivity contribution in [1.29, 1.82) is 0 Å². The molecule has 0 unspecified atom stereocenters. The van der Waals surface area contributed by atoms with Crippen molar-refractivity contribution in [1.82, 2.24) is 0 Å². The largest absolute Gasteiger partial charge is 0.466 e. The van der Waals surface area contributed by atoms with Crippen molar-refractivity contribution in [2.24, 2.45) is 5.41 Å². The second-order valence-corrected chi connectivity index (χ2v) is 5.49. The number of hydrogen-bond donors (Lipinski definition) is 4. The number of hydrogen-bond acceptors (Lipinski definition) is 8. The Morgan fingerprint density at radius 1 is 0.696 bits per heavy atom. The van der Waals surface area contributed by atoms with E-state index in [0.29, 0.717) is 13.2 Å². The van der Waals surface area contributed by atoms with E-state index in [9.17, 15) is 9.59 Å². The molecule has 8 heteroatoms. The summed E-state index contributed by atoms with van der Waals surface area (Å²) in [5.41, 5.74) is -1.11. The molecular formula is C15H28O8. The van der Waals surface area contributed by atoms with Crippen LogP contribution in [0.5, 0.6) is 0 Å². The van der Waals surface area contributed by atoms with Gasteiger partial charge in [0.1, 0.15) is 0 Å². The van der Waals surface area contributed by atoms with E-state index in [1.165, 1.54) is 0 Å². The molecule has 1 aliphatic rings. The number of cyclic esters (lactones) is 2. The minimum Gasteiger partial charge on any atom is -0.466 e. The highest BCUT2D eigenvalue weighted by Crippen LogP contribution is 2.11. The van der Waals surface area contributed by atoms with Gasteiger partial charge in [0.05, 0.1) is 57.9 Å². The summed E-state index contributed by atoms with van der Waals surface area (Å²) >= 11 is 0. The topological polar surface area (TPSA) is 134 Å². The predicted octanol–water partition coefficient (Wildman–Crippen LogP) is -0.631. The first-order valence-corrected chi connectivity index (χ1v) is 7.78. The van der Waals surface area contributed by atoms with E-state index in [2.05, 4.69) is 0 Å². The number of aliphatic hydroxyl groups is 4. The van der Waals surface area contributed by atoms with Crippen LogP contribution in [0.25, 0.3) is 0 Å². The number of rotatable bonds is 4. The molecule has 1 aliphatic heterocycles. The third-order valence-corrected chi connectivity index (χ3v) is 3.44. The summed E-state index contributed by atoms with van der Waals surface area (Å²) < 4.78 is 9.83. The summed E-state index contributed by atoms with van der Waals surface area (Å²) in [4.78, 5) is 22.0. The predicted molar refractivity (Wildman–Crippen MR) is 80.4 cm³/mol. The zero-order valence-corrected chi connectivity index (χ0v) is 13.4. The highest BCUT2D eigenvalue weighted by molar-refractivity contribution is 5.77. The molecule has 1 heterocycles. The maximum Gasteiger partial charge on any atom is 0.306 e. The lowest BCUT2D eigenvalue weighted by atomic mass is 9.93. The Morgan fingerprint density at radius 3 is 1.30 bits per heavy atom. The van der Waals surface area contributed by atoms with Crippen LogP contribution in [0.1, 0.15) is 38.5 Å². The molecule has 136 valence electrons. The van der Waals surface area contributed by atoms with Crippen molar-refractivity contribution in [3.63, 3.8) is 0 Å². The van der Waals surface area contributed by atoms with E-state index < -0.39 is 31.8 Å². The summed E-state index contributed by atoms with van der Waals surface area (Å²) in [7, 11) is 0. The van der Waals surface area contributed by atoms with Crippen molar-refractivity contribution in [2.45, 2.75) is 38.5 Å². The zero-order valence-electron chi connectivity index (χ0n) is 13.4. The smallest absolute Gasteiger partial charge is 0.306 e. The summed E-state index contributed by atoms with van der Waals surface area (Å²) in [5, 5.41) is 34.0. The quantitative estimate of drug-likeness (QED) is 0.499. The van der Waals surface area contributed by atoms with Gasteiger partial charge in [-0.3, -0.25) is 9.59 Å². The third kappa shape index (κ3) is 10.2. The molecule has 0 aromatic heterocycles. The SMILES string of the molecule is O=C1CCC(=O)OCCCCCCO1.OCC(CO)(CO)CO. The molecule has 1 fully saturated rings. The number of esters is 2. The van der Waals surface area contributed by atoms with E-state index >= 15 is 0 Å². The van der Waals surface area contributed by atoms with Crippen LogP contribution in [0.4, 0.5) is 0 Å². The molecular weight excluding hydrogens is 308 g/mol. The van der Waals surface area contributed by atoms with Crippen molar-refractivity contribution in [3.8, 4) is 0 Å². The summed E-state index contributed by atoms with van der Waals surface area (Å²) in [5.74, 6) is -0.606. The molecule has 0 aromatic rings. The zero-order chi connectivity index (χ0) is 17.6. The van der Waals surface area contributed by atoms with Crippen LogP contribution in [0.2, 0.25) is 0 Å². The van der Waals surface area contributed by atoms with Crippen LogP contribution in [-0.2, 0) is 19.1 Å². The fourth-order valence-electron chi connectivity index (χ4n) is 1.58. The fourth-order valence-corrected chi connectivity index (χ4v) is 1.58. The van der Waals surface area contributed by atoms with Gasteiger partial charge < -0.3 is 29.9 Å².